The molecule has 0 heterocycles. The van der Waals surface area contributed by atoms with E-state index in [-0.39, 0.29) is 17.8 Å². The third-order valence-corrected chi connectivity index (χ3v) is 3.32. The van der Waals surface area contributed by atoms with Crippen LogP contribution in [0, 0.1) is 5.92 Å². The topological polar surface area (TPSA) is 55.4 Å². The standard InChI is InChI=1S/C14H17NO3/c1-3-18-13(17)14(9-10(14)2)15-12(16)11-7-5-4-6-8-11/h4-8,10H,3,9H2,1-2H3,(H,15,16). The molecule has 1 aliphatic carbocycles. The Hall–Kier alpha value is -1.84. The molecule has 0 bridgehead atoms. The van der Waals surface area contributed by atoms with Crippen LogP contribution in [0.2, 0.25) is 0 Å². The molecule has 96 valence electrons. The normalized spacial score (nSPS) is 25.3. The summed E-state index contributed by atoms with van der Waals surface area (Å²) in [5.41, 5.74) is -0.261. The zero-order chi connectivity index (χ0) is 13.2. The van der Waals surface area contributed by atoms with Crippen molar-refractivity contribution < 1.29 is 14.3 Å². The minimum atomic E-state index is -0.817. The lowest BCUT2D eigenvalue weighted by atomic mass is 10.1. The van der Waals surface area contributed by atoms with Gasteiger partial charge in [0.1, 0.15) is 5.54 Å². The lowest BCUT2D eigenvalue weighted by Gasteiger charge is -2.17. The number of benzene rings is 1. The number of carbonyl (C=O) groups excluding carboxylic acids is 2. The Bertz CT molecular complexity index is 457. The highest BCUT2D eigenvalue weighted by Gasteiger charge is 2.59. The summed E-state index contributed by atoms with van der Waals surface area (Å²) in [6.45, 7) is 4.02. The Balaban J connectivity index is 2.08. The maximum Gasteiger partial charge on any atom is 0.332 e. The number of nitrogens with one attached hydrogen (secondary N) is 1. The van der Waals surface area contributed by atoms with Crippen molar-refractivity contribution in [2.24, 2.45) is 5.92 Å². The maximum absolute atomic E-state index is 12.0. The number of carbonyl (C=O) groups is 2. The molecule has 2 atom stereocenters. The van der Waals surface area contributed by atoms with Crippen molar-refractivity contribution in [1.82, 2.24) is 5.32 Å². The molecule has 1 amide bonds. The van der Waals surface area contributed by atoms with Crippen LogP contribution in [0.15, 0.2) is 30.3 Å². The first kappa shape index (κ1) is 12.6. The minimum absolute atomic E-state index is 0.129. The fourth-order valence-electron chi connectivity index (χ4n) is 2.06. The lowest BCUT2D eigenvalue weighted by Crippen LogP contribution is -2.45. The largest absolute Gasteiger partial charge is 0.464 e. The Morgan fingerprint density at radius 3 is 2.50 bits per heavy atom. The van der Waals surface area contributed by atoms with E-state index >= 15 is 0 Å². The summed E-state index contributed by atoms with van der Waals surface area (Å²) < 4.78 is 5.02. The number of esters is 1. The molecule has 1 aliphatic rings. The second-order valence-corrected chi connectivity index (χ2v) is 4.62. The minimum Gasteiger partial charge on any atom is -0.464 e. The van der Waals surface area contributed by atoms with Crippen molar-refractivity contribution in [1.29, 1.82) is 0 Å². The predicted molar refractivity (Wildman–Crippen MR) is 67.1 cm³/mol. The van der Waals surface area contributed by atoms with Gasteiger partial charge in [0.05, 0.1) is 6.61 Å². The first-order valence-electron chi connectivity index (χ1n) is 6.15. The van der Waals surface area contributed by atoms with Gasteiger partial charge in [0.15, 0.2) is 0 Å². The first-order chi connectivity index (χ1) is 8.60. The molecule has 2 rings (SSSR count). The Kier molecular flexibility index (Phi) is 3.36. The highest BCUT2D eigenvalue weighted by Crippen LogP contribution is 2.44. The van der Waals surface area contributed by atoms with E-state index in [0.717, 1.165) is 0 Å². The second kappa shape index (κ2) is 4.80. The van der Waals surface area contributed by atoms with Crippen LogP contribution in [0.5, 0.6) is 0 Å². The molecule has 1 aromatic carbocycles. The van der Waals surface area contributed by atoms with Crippen LogP contribution in [0.4, 0.5) is 0 Å². The summed E-state index contributed by atoms with van der Waals surface area (Å²) in [5, 5.41) is 2.80. The van der Waals surface area contributed by atoms with Crippen LogP contribution >= 0.6 is 0 Å². The van der Waals surface area contributed by atoms with Crippen molar-refractivity contribution in [3.05, 3.63) is 35.9 Å². The third-order valence-electron chi connectivity index (χ3n) is 3.32. The molecule has 1 fully saturated rings. The van der Waals surface area contributed by atoms with E-state index in [4.69, 9.17) is 4.74 Å². The number of hydrogen-bond donors (Lipinski definition) is 1. The molecule has 4 heteroatoms. The van der Waals surface area contributed by atoms with Crippen molar-refractivity contribution in [3.63, 3.8) is 0 Å². The second-order valence-electron chi connectivity index (χ2n) is 4.62. The Morgan fingerprint density at radius 2 is 2.00 bits per heavy atom. The molecule has 1 saturated carbocycles. The smallest absolute Gasteiger partial charge is 0.332 e. The van der Waals surface area contributed by atoms with Gasteiger partial charge in [-0.15, -0.1) is 0 Å². The van der Waals surface area contributed by atoms with Gasteiger partial charge in [0.2, 0.25) is 0 Å². The van der Waals surface area contributed by atoms with E-state index in [1.54, 1.807) is 31.2 Å². The predicted octanol–water partition coefficient (Wildman–Crippen LogP) is 1.76. The zero-order valence-electron chi connectivity index (χ0n) is 10.6. The highest BCUT2D eigenvalue weighted by atomic mass is 16.5. The fourth-order valence-corrected chi connectivity index (χ4v) is 2.06. The van der Waals surface area contributed by atoms with Gasteiger partial charge in [-0.3, -0.25) is 4.79 Å². The molecule has 2 unspecified atom stereocenters. The molecule has 0 aliphatic heterocycles. The van der Waals surface area contributed by atoms with Gasteiger partial charge in [-0.2, -0.15) is 0 Å². The van der Waals surface area contributed by atoms with Crippen LogP contribution in [0.3, 0.4) is 0 Å². The van der Waals surface area contributed by atoms with Crippen LogP contribution in [-0.2, 0) is 9.53 Å². The highest BCUT2D eigenvalue weighted by molar-refractivity contribution is 5.99. The van der Waals surface area contributed by atoms with Crippen molar-refractivity contribution >= 4 is 11.9 Å². The summed E-state index contributed by atoms with van der Waals surface area (Å²) in [6, 6.07) is 8.88. The average molecular weight is 247 g/mol. The average Bonchev–Trinajstić information content (AvgIpc) is 3.02. The molecule has 4 nitrogen and oxygen atoms in total. The van der Waals surface area contributed by atoms with Crippen LogP contribution in [-0.4, -0.2) is 24.0 Å². The zero-order valence-corrected chi connectivity index (χ0v) is 10.6. The molecule has 0 spiro atoms. The fraction of sp³-hybridized carbons (Fsp3) is 0.429. The lowest BCUT2D eigenvalue weighted by molar-refractivity contribution is -0.147. The van der Waals surface area contributed by atoms with Crippen molar-refractivity contribution in [3.8, 4) is 0 Å². The molecule has 0 aromatic heterocycles. The Morgan fingerprint density at radius 1 is 1.39 bits per heavy atom. The quantitative estimate of drug-likeness (QED) is 0.825. The maximum atomic E-state index is 12.0. The van der Waals surface area contributed by atoms with E-state index in [0.29, 0.717) is 18.6 Å². The molecular weight excluding hydrogens is 230 g/mol. The van der Waals surface area contributed by atoms with Gasteiger partial charge in [0, 0.05) is 5.56 Å². The summed E-state index contributed by atoms with van der Waals surface area (Å²) in [5.74, 6) is -0.431. The monoisotopic (exact) mass is 247 g/mol. The van der Waals surface area contributed by atoms with Crippen molar-refractivity contribution in [2.45, 2.75) is 25.8 Å². The summed E-state index contributed by atoms with van der Waals surface area (Å²) in [6.07, 6.45) is 0.643. The van der Waals surface area contributed by atoms with E-state index in [1.165, 1.54) is 0 Å². The molecule has 18 heavy (non-hydrogen) atoms. The van der Waals surface area contributed by atoms with Gasteiger partial charge in [-0.25, -0.2) is 4.79 Å². The molecule has 1 N–H and O–H groups in total. The summed E-state index contributed by atoms with van der Waals surface area (Å²) in [7, 11) is 0. The van der Waals surface area contributed by atoms with E-state index in [2.05, 4.69) is 5.32 Å². The molecule has 1 aromatic rings. The van der Waals surface area contributed by atoms with Crippen LogP contribution < -0.4 is 5.32 Å². The molecular formula is C14H17NO3. The van der Waals surface area contributed by atoms with E-state index in [1.807, 2.05) is 13.0 Å². The molecule has 0 radical (unpaired) electrons. The summed E-state index contributed by atoms with van der Waals surface area (Å²) >= 11 is 0. The van der Waals surface area contributed by atoms with Crippen molar-refractivity contribution in [2.75, 3.05) is 6.61 Å². The van der Waals surface area contributed by atoms with Crippen LogP contribution in [0.1, 0.15) is 30.6 Å². The van der Waals surface area contributed by atoms with Gasteiger partial charge in [-0.05, 0) is 31.4 Å². The van der Waals surface area contributed by atoms with E-state index < -0.39 is 5.54 Å². The number of rotatable bonds is 4. The van der Waals surface area contributed by atoms with Gasteiger partial charge >= 0.3 is 5.97 Å². The van der Waals surface area contributed by atoms with Gasteiger partial charge in [-0.1, -0.05) is 25.1 Å². The SMILES string of the molecule is CCOC(=O)C1(NC(=O)c2ccccc2)CC1C. The number of hydrogen-bond acceptors (Lipinski definition) is 3. The van der Waals surface area contributed by atoms with Gasteiger partial charge < -0.3 is 10.1 Å². The first-order valence-corrected chi connectivity index (χ1v) is 6.15. The number of ether oxygens (including phenoxy) is 1. The third kappa shape index (κ3) is 2.23. The van der Waals surface area contributed by atoms with Gasteiger partial charge in [0.25, 0.3) is 5.91 Å². The Labute approximate surface area is 106 Å². The number of amides is 1. The van der Waals surface area contributed by atoms with E-state index in [9.17, 15) is 9.59 Å². The summed E-state index contributed by atoms with van der Waals surface area (Å²) in [4.78, 5) is 23.9. The molecule has 0 saturated heterocycles. The van der Waals surface area contributed by atoms with Crippen LogP contribution in [0.25, 0.3) is 0 Å².